The van der Waals surface area contributed by atoms with Crippen molar-refractivity contribution in [3.05, 3.63) is 41.5 Å². The number of aryl methyl sites for hydroxylation is 1. The van der Waals surface area contributed by atoms with Crippen molar-refractivity contribution in [3.63, 3.8) is 0 Å². The Morgan fingerprint density at radius 3 is 1.88 bits per heavy atom. The van der Waals surface area contributed by atoms with Crippen LogP contribution in [0.25, 0.3) is 6.08 Å². The summed E-state index contributed by atoms with van der Waals surface area (Å²) in [7, 11) is 0. The first kappa shape index (κ1) is 10.8. The zero-order valence-corrected chi connectivity index (χ0v) is 15.4. The Balaban J connectivity index is 1.18. The molecule has 10 heterocycles. The Morgan fingerprint density at radius 2 is 1.44 bits per heavy atom. The monoisotopic (exact) mass is 372 g/mol. The van der Waals surface area contributed by atoms with Gasteiger partial charge in [-0.1, -0.05) is 0 Å². The van der Waals surface area contributed by atoms with Crippen LogP contribution in [0.1, 0.15) is 18.1 Å². The number of hydrogen-bond acceptors (Lipinski definition) is 2. The van der Waals surface area contributed by atoms with E-state index in [1.54, 1.807) is 0 Å². The van der Waals surface area contributed by atoms with Crippen molar-refractivity contribution < 1.29 is 16.1 Å². The first-order valence-electron chi connectivity index (χ1n) is 9.78. The number of Topliss-reactive ketones (excluding diaryl/α,β-unsaturated/α-hetero) is 1. The second-order valence-electron chi connectivity index (χ2n) is 12.9. The third-order valence-electron chi connectivity index (χ3n) is 17.2. The van der Waals surface area contributed by atoms with Gasteiger partial charge in [-0.15, -0.1) is 0 Å². The SMILES string of the molecule is CC(=O)[C]12[CH]3[CH]4[CH]5[CH]1[Fe]45321678[CH]2[CH]1[CH]6[C]7(C(=O)C=Cc1ccc(C)cc1)[CH]28. The summed E-state index contributed by atoms with van der Waals surface area (Å²) in [5, 5.41) is 0. The van der Waals surface area contributed by atoms with Crippen molar-refractivity contribution >= 4 is 17.6 Å². The third kappa shape index (κ3) is 0.156. The Labute approximate surface area is 136 Å². The van der Waals surface area contributed by atoms with E-state index in [0.29, 0.717) is 11.6 Å². The van der Waals surface area contributed by atoms with Gasteiger partial charge in [0.25, 0.3) is 0 Å². The minimum absolute atomic E-state index is 0.126. The van der Waals surface area contributed by atoms with E-state index in [4.69, 9.17) is 0 Å². The number of ketones is 2. The fraction of sp³-hybridized carbons (Fsp3) is 0.545. The van der Waals surface area contributed by atoms with Gasteiger partial charge in [0.1, 0.15) is 0 Å². The maximum absolute atomic E-state index is 13.6. The van der Waals surface area contributed by atoms with Gasteiger partial charge in [0, 0.05) is 0 Å². The number of hydrogen-bond donors (Lipinski definition) is 0. The van der Waals surface area contributed by atoms with Crippen molar-refractivity contribution in [2.45, 2.75) is 61.0 Å². The Kier molecular flexibility index (Phi) is 0.493. The molecule has 10 aliphatic rings. The molecule has 8 unspecified atom stereocenters. The van der Waals surface area contributed by atoms with E-state index in [0.717, 1.165) is 44.1 Å². The van der Waals surface area contributed by atoms with Crippen molar-refractivity contribution in [1.29, 1.82) is 0 Å². The summed E-state index contributed by atoms with van der Waals surface area (Å²) in [6.07, 6.45) is 3.99. The number of carbonyl (C=O) groups is 2. The van der Waals surface area contributed by atoms with Crippen LogP contribution >= 0.6 is 0 Å². The predicted molar refractivity (Wildman–Crippen MR) is 91.3 cm³/mol. The third-order valence-corrected chi connectivity index (χ3v) is 60.0. The molecule has 8 atom stereocenters. The molecule has 10 saturated heterocycles. The van der Waals surface area contributed by atoms with Gasteiger partial charge in [0.15, 0.2) is 0 Å². The Bertz CT molecular complexity index is 1490. The van der Waals surface area contributed by atoms with E-state index in [1.807, 2.05) is 13.0 Å². The van der Waals surface area contributed by atoms with Gasteiger partial charge in [-0.25, -0.2) is 0 Å². The second-order valence-corrected chi connectivity index (χ2v) is 36.1. The molecule has 2 nitrogen and oxygen atoms in total. The molecule has 3 heteroatoms. The molecule has 1 aromatic carbocycles. The van der Waals surface area contributed by atoms with Crippen LogP contribution in [0.15, 0.2) is 30.3 Å². The van der Waals surface area contributed by atoms with E-state index in [9.17, 15) is 9.59 Å². The first-order valence-corrected chi connectivity index (χ1v) is 16.0. The van der Waals surface area contributed by atoms with Crippen molar-refractivity contribution in [3.8, 4) is 0 Å². The minimum atomic E-state index is -3.86. The van der Waals surface area contributed by atoms with E-state index >= 15 is 0 Å². The van der Waals surface area contributed by atoms with Gasteiger partial charge in [-0.2, -0.15) is 0 Å². The average molecular weight is 372 g/mol. The maximum atomic E-state index is 13.6. The standard InChI is InChI=1S/C15H13O.C7H7O.Fe/c1-12-6-8-13(9-7-12)10-11-15(16)14-4-2-3-5-14;1-6(8)7-4-2-3-5-7;/h2-11H,1H3;2-5H,1H3;. The number of fused-ring (bicyclic) bond motifs is 10. The van der Waals surface area contributed by atoms with Crippen LogP contribution in [-0.4, -0.2) is 11.6 Å². The van der Waals surface area contributed by atoms with Gasteiger partial charge in [-0.05, 0) is 0 Å². The molecule has 0 bridgehead atoms. The zero-order chi connectivity index (χ0) is 16.5. The number of rotatable bonds is 4. The van der Waals surface area contributed by atoms with Crippen LogP contribution in [0.2, 0.25) is 47.2 Å². The van der Waals surface area contributed by atoms with Crippen molar-refractivity contribution in [2.24, 2.45) is 0 Å². The van der Waals surface area contributed by atoms with Gasteiger partial charge < -0.3 is 0 Å². The molecule has 0 aliphatic carbocycles. The summed E-state index contributed by atoms with van der Waals surface area (Å²) in [6, 6.07) is 8.43. The molecule has 0 N–H and O–H groups in total. The summed E-state index contributed by atoms with van der Waals surface area (Å²) < 4.78 is 0.322. The Hall–Kier alpha value is -1.18. The molecule has 0 radical (unpaired) electrons. The van der Waals surface area contributed by atoms with Gasteiger partial charge in [0.05, 0.1) is 0 Å². The van der Waals surface area contributed by atoms with E-state index in [2.05, 4.69) is 37.3 Å². The van der Waals surface area contributed by atoms with Crippen molar-refractivity contribution in [1.82, 2.24) is 0 Å². The molecule has 1 spiro atoms. The molecule has 0 saturated carbocycles. The summed E-state index contributed by atoms with van der Waals surface area (Å²) in [5.41, 5.74) is 2.38. The van der Waals surface area contributed by atoms with E-state index in [-0.39, 0.29) is 8.63 Å². The summed E-state index contributed by atoms with van der Waals surface area (Å²) >= 11 is 0. The first-order chi connectivity index (χ1) is 11.8. The fourth-order valence-corrected chi connectivity index (χ4v) is 95.3. The van der Waals surface area contributed by atoms with Gasteiger partial charge in [0.2, 0.25) is 0 Å². The number of allylic oxidation sites excluding steroid dienone is 1. The van der Waals surface area contributed by atoms with E-state index < -0.39 is 6.51 Å². The molecule has 10 aliphatic heterocycles. The van der Waals surface area contributed by atoms with Crippen LogP contribution in [0, 0.1) is 6.92 Å². The molecule has 25 heavy (non-hydrogen) atoms. The topological polar surface area (TPSA) is 34.1 Å². The summed E-state index contributed by atoms with van der Waals surface area (Å²) in [6.45, 7) is 0.138. The molecule has 11 rings (SSSR count). The molecular formula is C22H20FeO2. The summed E-state index contributed by atoms with van der Waals surface area (Å²) in [4.78, 5) is 33.8. The summed E-state index contributed by atoms with van der Waals surface area (Å²) in [5.74, 6) is 1.04. The normalized spacial score (nSPS) is 87.8. The molecule has 0 amide bonds. The van der Waals surface area contributed by atoms with Crippen LogP contribution in [0.5, 0.6) is 0 Å². The van der Waals surface area contributed by atoms with Gasteiger partial charge in [-0.3, -0.25) is 0 Å². The second kappa shape index (κ2) is 1.14. The number of benzene rings is 1. The fourth-order valence-electron chi connectivity index (χ4n) is 19.2. The molecule has 1 aromatic rings. The zero-order valence-electron chi connectivity index (χ0n) is 14.3. The van der Waals surface area contributed by atoms with E-state index in [1.165, 1.54) is 5.56 Å². The predicted octanol–water partition coefficient (Wildman–Crippen LogP) is 5.30. The Morgan fingerprint density at radius 1 is 0.920 bits per heavy atom. The molecule has 0 aromatic heterocycles. The van der Waals surface area contributed by atoms with Gasteiger partial charge >= 0.3 is 136 Å². The molecule has 10 fully saturated rings. The average Bonchev–Trinajstić information content (AvgIpc) is 3.53. The van der Waals surface area contributed by atoms with Crippen molar-refractivity contribution in [2.75, 3.05) is 0 Å². The van der Waals surface area contributed by atoms with Crippen LogP contribution in [-0.2, 0) is 16.1 Å². The molecular weight excluding hydrogens is 352 g/mol. The van der Waals surface area contributed by atoms with Crippen LogP contribution in [0.4, 0.5) is 0 Å². The van der Waals surface area contributed by atoms with Crippen LogP contribution < -0.4 is 0 Å². The number of carbonyl (C=O) groups excluding carboxylic acids is 2. The molecule has 128 valence electrons. The van der Waals surface area contributed by atoms with Crippen LogP contribution in [0.3, 0.4) is 0 Å². The quantitative estimate of drug-likeness (QED) is 0.531.